The van der Waals surface area contributed by atoms with E-state index in [1.807, 2.05) is 20.8 Å². The topological polar surface area (TPSA) is 58.2 Å². The molecule has 2 atom stereocenters. The number of nitrogens with one attached hydrogen (secondary N) is 2. The molecule has 4 nitrogen and oxygen atoms in total. The molecule has 2 rings (SSSR count). The summed E-state index contributed by atoms with van der Waals surface area (Å²) in [5.74, 6) is -0.182. The van der Waals surface area contributed by atoms with Crippen molar-refractivity contribution in [2.45, 2.75) is 50.7 Å². The highest BCUT2D eigenvalue weighted by atomic mass is 32.2. The van der Waals surface area contributed by atoms with Crippen LogP contribution in [-0.4, -0.2) is 20.5 Å². The van der Waals surface area contributed by atoms with Gasteiger partial charge in [0, 0.05) is 18.6 Å². The summed E-state index contributed by atoms with van der Waals surface area (Å²) in [4.78, 5) is 0.0322. The highest BCUT2D eigenvalue weighted by molar-refractivity contribution is 7.89. The van der Waals surface area contributed by atoms with Crippen LogP contribution in [0.5, 0.6) is 0 Å². The number of sulfonamides is 1. The van der Waals surface area contributed by atoms with Crippen LogP contribution in [0.1, 0.15) is 32.8 Å². The quantitative estimate of drug-likeness (QED) is 0.845. The van der Waals surface area contributed by atoms with Gasteiger partial charge in [-0.05, 0) is 30.0 Å². The maximum absolute atomic E-state index is 13.4. The van der Waals surface area contributed by atoms with Gasteiger partial charge in [0.15, 0.2) is 0 Å². The van der Waals surface area contributed by atoms with E-state index < -0.39 is 15.8 Å². The van der Waals surface area contributed by atoms with Gasteiger partial charge in [0.25, 0.3) is 0 Å². The predicted octanol–water partition coefficient (Wildman–Crippen LogP) is 2.01. The van der Waals surface area contributed by atoms with E-state index >= 15 is 0 Å². The third kappa shape index (κ3) is 3.77. The maximum atomic E-state index is 13.4. The molecule has 1 aromatic carbocycles. The minimum Gasteiger partial charge on any atom is -0.310 e. The predicted molar refractivity (Wildman–Crippen MR) is 76.3 cm³/mol. The Bertz CT molecular complexity index is 587. The van der Waals surface area contributed by atoms with Crippen molar-refractivity contribution >= 4 is 10.0 Å². The zero-order valence-corrected chi connectivity index (χ0v) is 12.8. The lowest BCUT2D eigenvalue weighted by molar-refractivity contribution is 0.560. The molecule has 0 spiro atoms. The van der Waals surface area contributed by atoms with E-state index in [4.69, 9.17) is 0 Å². The van der Waals surface area contributed by atoms with Gasteiger partial charge in [-0.3, -0.25) is 0 Å². The molecule has 1 aliphatic rings. The molecular weight excluding hydrogens is 279 g/mol. The lowest BCUT2D eigenvalue weighted by Gasteiger charge is -2.14. The standard InChI is InChI=1S/C14H21FN2O2S/c1-9(2)16-8-11-4-5-12(15)7-14(11)20(18,19)17-13-6-10(13)3/h4-5,7,9-10,13,16-17H,6,8H2,1-3H3. The van der Waals surface area contributed by atoms with Crippen molar-refractivity contribution in [3.05, 3.63) is 29.6 Å². The SMILES string of the molecule is CC(C)NCc1ccc(F)cc1S(=O)(=O)NC1CC1C. The van der Waals surface area contributed by atoms with Gasteiger partial charge in [-0.15, -0.1) is 0 Å². The van der Waals surface area contributed by atoms with Crippen molar-refractivity contribution in [3.8, 4) is 0 Å². The molecule has 2 unspecified atom stereocenters. The number of halogens is 1. The molecule has 0 heterocycles. The number of hydrogen-bond acceptors (Lipinski definition) is 3. The van der Waals surface area contributed by atoms with E-state index in [-0.39, 0.29) is 17.0 Å². The highest BCUT2D eigenvalue weighted by Gasteiger charge is 2.37. The summed E-state index contributed by atoms with van der Waals surface area (Å²) in [6, 6.07) is 4.11. The minimum absolute atomic E-state index is 0.0193. The van der Waals surface area contributed by atoms with E-state index in [0.717, 1.165) is 12.5 Å². The molecule has 112 valence electrons. The number of rotatable bonds is 6. The first-order chi connectivity index (χ1) is 9.29. The van der Waals surface area contributed by atoms with Crippen LogP contribution >= 0.6 is 0 Å². The molecule has 0 amide bonds. The van der Waals surface area contributed by atoms with Crippen molar-refractivity contribution in [3.63, 3.8) is 0 Å². The van der Waals surface area contributed by atoms with Gasteiger partial charge in [-0.25, -0.2) is 17.5 Å². The normalized spacial score (nSPS) is 22.2. The summed E-state index contributed by atoms with van der Waals surface area (Å²) in [6.07, 6.45) is 0.841. The molecule has 1 aliphatic carbocycles. The Labute approximate surface area is 119 Å². The first kappa shape index (κ1) is 15.4. The van der Waals surface area contributed by atoms with Gasteiger partial charge in [0.05, 0.1) is 4.90 Å². The Balaban J connectivity index is 2.25. The molecule has 0 saturated heterocycles. The molecule has 2 N–H and O–H groups in total. The monoisotopic (exact) mass is 300 g/mol. The Morgan fingerprint density at radius 3 is 2.60 bits per heavy atom. The summed E-state index contributed by atoms with van der Waals surface area (Å²) in [5, 5.41) is 3.16. The van der Waals surface area contributed by atoms with E-state index in [1.54, 1.807) is 0 Å². The largest absolute Gasteiger partial charge is 0.310 e. The fraction of sp³-hybridized carbons (Fsp3) is 0.571. The Morgan fingerprint density at radius 2 is 2.05 bits per heavy atom. The zero-order valence-electron chi connectivity index (χ0n) is 12.0. The van der Waals surface area contributed by atoms with E-state index in [1.165, 1.54) is 12.1 Å². The lowest BCUT2D eigenvalue weighted by atomic mass is 10.2. The summed E-state index contributed by atoms with van der Waals surface area (Å²) in [6.45, 7) is 6.33. The van der Waals surface area contributed by atoms with Crippen LogP contribution in [0.2, 0.25) is 0 Å². The Hall–Kier alpha value is -0.980. The summed E-state index contributed by atoms with van der Waals surface area (Å²) in [5.41, 5.74) is 0.584. The van der Waals surface area contributed by atoms with Crippen molar-refractivity contribution < 1.29 is 12.8 Å². The lowest BCUT2D eigenvalue weighted by Crippen LogP contribution is -2.29. The van der Waals surface area contributed by atoms with Gasteiger partial charge in [-0.1, -0.05) is 26.8 Å². The third-order valence-corrected chi connectivity index (χ3v) is 5.01. The number of benzene rings is 1. The van der Waals surface area contributed by atoms with Gasteiger partial charge in [0.2, 0.25) is 10.0 Å². The Morgan fingerprint density at radius 1 is 1.40 bits per heavy atom. The third-order valence-electron chi connectivity index (χ3n) is 3.44. The average Bonchev–Trinajstić information content (AvgIpc) is 3.02. The molecule has 6 heteroatoms. The van der Waals surface area contributed by atoms with Crippen LogP contribution in [-0.2, 0) is 16.6 Å². The smallest absolute Gasteiger partial charge is 0.241 e. The van der Waals surface area contributed by atoms with Crippen LogP contribution in [0.15, 0.2) is 23.1 Å². The first-order valence-electron chi connectivity index (χ1n) is 6.83. The zero-order chi connectivity index (χ0) is 14.9. The fourth-order valence-electron chi connectivity index (χ4n) is 1.99. The molecule has 20 heavy (non-hydrogen) atoms. The van der Waals surface area contributed by atoms with Gasteiger partial charge < -0.3 is 5.32 Å². The average molecular weight is 300 g/mol. The van der Waals surface area contributed by atoms with Gasteiger partial charge in [0.1, 0.15) is 5.82 Å². The summed E-state index contributed by atoms with van der Waals surface area (Å²) in [7, 11) is -3.66. The second-order valence-electron chi connectivity index (χ2n) is 5.73. The van der Waals surface area contributed by atoms with Gasteiger partial charge in [-0.2, -0.15) is 0 Å². The molecule has 1 fully saturated rings. The summed E-state index contributed by atoms with van der Waals surface area (Å²) < 4.78 is 40.7. The molecule has 0 aromatic heterocycles. The minimum atomic E-state index is -3.66. The van der Waals surface area contributed by atoms with Crippen LogP contribution in [0.3, 0.4) is 0 Å². The van der Waals surface area contributed by atoms with E-state index in [0.29, 0.717) is 18.0 Å². The summed E-state index contributed by atoms with van der Waals surface area (Å²) >= 11 is 0. The molecule has 0 radical (unpaired) electrons. The van der Waals surface area contributed by atoms with Crippen molar-refractivity contribution in [1.82, 2.24) is 10.0 Å². The van der Waals surface area contributed by atoms with E-state index in [2.05, 4.69) is 10.0 Å². The van der Waals surface area contributed by atoms with Crippen LogP contribution < -0.4 is 10.0 Å². The van der Waals surface area contributed by atoms with Crippen molar-refractivity contribution in [2.24, 2.45) is 5.92 Å². The Kier molecular flexibility index (Phi) is 4.46. The van der Waals surface area contributed by atoms with Crippen LogP contribution in [0, 0.1) is 11.7 Å². The second-order valence-corrected chi connectivity index (χ2v) is 7.41. The van der Waals surface area contributed by atoms with Crippen LogP contribution in [0.4, 0.5) is 4.39 Å². The number of hydrogen-bond donors (Lipinski definition) is 2. The molecule has 1 saturated carbocycles. The maximum Gasteiger partial charge on any atom is 0.241 e. The fourth-order valence-corrected chi connectivity index (χ4v) is 3.59. The van der Waals surface area contributed by atoms with Gasteiger partial charge >= 0.3 is 0 Å². The van der Waals surface area contributed by atoms with E-state index in [9.17, 15) is 12.8 Å². The first-order valence-corrected chi connectivity index (χ1v) is 8.32. The molecular formula is C14H21FN2O2S. The second kappa shape index (κ2) is 5.79. The molecule has 1 aromatic rings. The van der Waals surface area contributed by atoms with Crippen molar-refractivity contribution in [2.75, 3.05) is 0 Å². The van der Waals surface area contributed by atoms with Crippen molar-refractivity contribution in [1.29, 1.82) is 0 Å². The molecule has 0 aliphatic heterocycles. The highest BCUT2D eigenvalue weighted by Crippen LogP contribution is 2.31. The molecule has 0 bridgehead atoms. The van der Waals surface area contributed by atoms with Crippen LogP contribution in [0.25, 0.3) is 0 Å².